The fourth-order valence-corrected chi connectivity index (χ4v) is 7.48. The van der Waals surface area contributed by atoms with Crippen LogP contribution < -0.4 is 10.6 Å². The van der Waals surface area contributed by atoms with Gasteiger partial charge in [0.2, 0.25) is 12.2 Å². The van der Waals surface area contributed by atoms with Crippen molar-refractivity contribution in [2.24, 2.45) is 4.99 Å². The van der Waals surface area contributed by atoms with Gasteiger partial charge in [0, 0.05) is 26.4 Å². The molecule has 0 aliphatic carbocycles. The lowest BCUT2D eigenvalue weighted by Crippen LogP contribution is -2.37. The number of nitrogens with zero attached hydrogens (tertiary/aromatic N) is 3. The summed E-state index contributed by atoms with van der Waals surface area (Å²) in [6, 6.07) is 0. The van der Waals surface area contributed by atoms with Crippen molar-refractivity contribution in [3.63, 3.8) is 0 Å². The zero-order chi connectivity index (χ0) is 41.7. The predicted molar refractivity (Wildman–Crippen MR) is 241 cm³/mol. The van der Waals surface area contributed by atoms with Gasteiger partial charge in [0.15, 0.2) is 0 Å². The zero-order valence-electron chi connectivity index (χ0n) is 38.1. The van der Waals surface area contributed by atoms with E-state index >= 15 is 0 Å². The minimum atomic E-state index is -0.0341. The number of carbonyl (C=O) groups is 2. The average Bonchev–Trinajstić information content (AvgIpc) is 3.21. The summed E-state index contributed by atoms with van der Waals surface area (Å²) < 4.78 is 11.5. The van der Waals surface area contributed by atoms with Crippen LogP contribution >= 0.6 is 0 Å². The summed E-state index contributed by atoms with van der Waals surface area (Å²) in [5.41, 5.74) is 0. The van der Waals surface area contributed by atoms with Crippen molar-refractivity contribution >= 4 is 17.9 Å². The van der Waals surface area contributed by atoms with Gasteiger partial charge in [-0.1, -0.05) is 162 Å². The third-order valence-corrected chi connectivity index (χ3v) is 11.1. The number of unbranched alkanes of at least 4 members (excludes halogenated alkanes) is 24. The lowest BCUT2D eigenvalue weighted by molar-refractivity contribution is -0.150. The first-order chi connectivity index (χ1) is 28.0. The van der Waals surface area contributed by atoms with Crippen LogP contribution in [0.4, 0.5) is 0 Å². The molecule has 9 nitrogen and oxygen atoms in total. The number of nitrogens with one attached hydrogen (secondary N) is 2. The smallest absolute Gasteiger partial charge is 0.306 e. The molecule has 0 aliphatic heterocycles. The normalized spacial score (nSPS) is 11.6. The summed E-state index contributed by atoms with van der Waals surface area (Å²) in [7, 11) is 1.77. The van der Waals surface area contributed by atoms with E-state index < -0.39 is 0 Å². The molecule has 0 saturated heterocycles. The van der Waals surface area contributed by atoms with Crippen LogP contribution in [-0.4, -0.2) is 68.7 Å². The number of hydrogen-bond donors (Lipinski definition) is 2. The molecule has 2 N–H and O–H groups in total. The highest BCUT2D eigenvalue weighted by atomic mass is 16.5. The van der Waals surface area contributed by atoms with Crippen molar-refractivity contribution in [1.29, 1.82) is 5.26 Å². The highest BCUT2D eigenvalue weighted by Gasteiger charge is 2.14. The number of guanidine groups is 1. The van der Waals surface area contributed by atoms with Crippen LogP contribution in [0.15, 0.2) is 4.99 Å². The Morgan fingerprint density at radius 2 is 0.982 bits per heavy atom. The SMILES string of the molecule is CCCCCCCCCOC(=O)CCCCCCCN(CCCCCCCC(=O)OC(CCCCCCCC)CCCCCCCC)CCCN/C(=N/C#N)NC. The number of hydrogen-bond acceptors (Lipinski definition) is 7. The van der Waals surface area contributed by atoms with E-state index in [1.807, 2.05) is 6.19 Å². The second kappa shape index (κ2) is 44.8. The van der Waals surface area contributed by atoms with Crippen LogP contribution in [0.2, 0.25) is 0 Å². The van der Waals surface area contributed by atoms with Gasteiger partial charge in [0.05, 0.1) is 6.61 Å². The van der Waals surface area contributed by atoms with E-state index in [0.29, 0.717) is 25.4 Å². The van der Waals surface area contributed by atoms with Gasteiger partial charge in [-0.25, -0.2) is 0 Å². The predicted octanol–water partition coefficient (Wildman–Crippen LogP) is 12.7. The molecule has 0 rings (SSSR count). The summed E-state index contributed by atoms with van der Waals surface area (Å²) in [6.07, 6.45) is 41.0. The van der Waals surface area contributed by atoms with Gasteiger partial charge in [-0.2, -0.15) is 5.26 Å². The molecule has 0 amide bonds. The quantitative estimate of drug-likeness (QED) is 0.0206. The topological polar surface area (TPSA) is 116 Å². The van der Waals surface area contributed by atoms with E-state index in [-0.39, 0.29) is 18.0 Å². The summed E-state index contributed by atoms with van der Waals surface area (Å²) >= 11 is 0. The Bertz CT molecular complexity index is 940. The lowest BCUT2D eigenvalue weighted by atomic mass is 10.0. The molecule has 0 radical (unpaired) electrons. The minimum Gasteiger partial charge on any atom is -0.466 e. The van der Waals surface area contributed by atoms with E-state index in [1.165, 1.54) is 122 Å². The van der Waals surface area contributed by atoms with Gasteiger partial charge in [-0.05, 0) is 83.8 Å². The monoisotopic (exact) mass is 804 g/mol. The number of rotatable bonds is 43. The minimum absolute atomic E-state index is 0.0109. The molecule has 0 atom stereocenters. The van der Waals surface area contributed by atoms with Gasteiger partial charge >= 0.3 is 11.9 Å². The third-order valence-electron chi connectivity index (χ3n) is 11.1. The molecule has 0 saturated carbocycles. The Labute approximate surface area is 353 Å². The molecule has 0 aromatic rings. The van der Waals surface area contributed by atoms with Crippen LogP contribution in [0.3, 0.4) is 0 Å². The zero-order valence-corrected chi connectivity index (χ0v) is 38.1. The standard InChI is InChI=1S/C48H93N5O4/c1-5-8-11-14-17-26-33-43-56-46(54)37-29-22-18-24-31-40-53(42-34-39-51-48(50-4)52-44-49)41-32-25-19-23-30-38-47(55)57-45(35-27-20-15-12-9-6-2)36-28-21-16-13-10-7-3/h45H,5-43H2,1-4H3,(H2,50,51,52). The third kappa shape index (κ3) is 40.2. The van der Waals surface area contributed by atoms with Crippen molar-refractivity contribution in [3.8, 4) is 6.19 Å². The Hall–Kier alpha value is -2.34. The summed E-state index contributed by atoms with van der Waals surface area (Å²) in [5.74, 6) is 0.491. The lowest BCUT2D eigenvalue weighted by Gasteiger charge is -2.22. The molecule has 0 aliphatic rings. The molecule has 0 aromatic carbocycles. The van der Waals surface area contributed by atoms with Crippen LogP contribution in [-0.2, 0) is 19.1 Å². The molecule has 0 fully saturated rings. The van der Waals surface area contributed by atoms with Gasteiger partial charge in [-0.3, -0.25) is 9.59 Å². The number of nitriles is 1. The number of aliphatic imine (C=N–C) groups is 1. The van der Waals surface area contributed by atoms with E-state index in [9.17, 15) is 9.59 Å². The van der Waals surface area contributed by atoms with E-state index in [4.69, 9.17) is 14.7 Å². The molecule has 0 bridgehead atoms. The summed E-state index contributed by atoms with van der Waals surface area (Å²) in [6.45, 7) is 11.3. The highest BCUT2D eigenvalue weighted by molar-refractivity contribution is 5.80. The highest BCUT2D eigenvalue weighted by Crippen LogP contribution is 2.18. The van der Waals surface area contributed by atoms with Gasteiger partial charge in [-0.15, -0.1) is 4.99 Å². The van der Waals surface area contributed by atoms with E-state index in [0.717, 1.165) is 110 Å². The molecule has 57 heavy (non-hydrogen) atoms. The first-order valence-corrected chi connectivity index (χ1v) is 24.5. The van der Waals surface area contributed by atoms with Crippen molar-refractivity contribution in [3.05, 3.63) is 0 Å². The number of carbonyl (C=O) groups excluding carboxylic acids is 2. The van der Waals surface area contributed by atoms with Crippen molar-refractivity contribution in [2.75, 3.05) is 39.8 Å². The average molecular weight is 804 g/mol. The van der Waals surface area contributed by atoms with E-state index in [1.54, 1.807) is 7.05 Å². The maximum absolute atomic E-state index is 12.8. The molecule has 0 heterocycles. The van der Waals surface area contributed by atoms with Gasteiger partial charge < -0.3 is 25.0 Å². The molecular formula is C48H93N5O4. The molecule has 0 aromatic heterocycles. The Morgan fingerprint density at radius 3 is 1.47 bits per heavy atom. The van der Waals surface area contributed by atoms with Crippen LogP contribution in [0.25, 0.3) is 0 Å². The first kappa shape index (κ1) is 54.7. The first-order valence-electron chi connectivity index (χ1n) is 24.5. The molecular weight excluding hydrogens is 711 g/mol. The Morgan fingerprint density at radius 1 is 0.561 bits per heavy atom. The largest absolute Gasteiger partial charge is 0.466 e. The summed E-state index contributed by atoms with van der Waals surface area (Å²) in [5, 5.41) is 15.0. The Kier molecular flexibility index (Phi) is 42.9. The van der Waals surface area contributed by atoms with Crippen LogP contribution in [0.1, 0.15) is 239 Å². The van der Waals surface area contributed by atoms with Crippen LogP contribution in [0, 0.1) is 11.5 Å². The fourth-order valence-electron chi connectivity index (χ4n) is 7.48. The fraction of sp³-hybridized carbons (Fsp3) is 0.917. The van der Waals surface area contributed by atoms with Crippen LogP contribution in [0.5, 0.6) is 0 Å². The molecule has 9 heteroatoms. The summed E-state index contributed by atoms with van der Waals surface area (Å²) in [4.78, 5) is 31.3. The van der Waals surface area contributed by atoms with Crippen molar-refractivity contribution < 1.29 is 19.1 Å². The molecule has 334 valence electrons. The molecule has 0 spiro atoms. The molecule has 0 unspecified atom stereocenters. The maximum atomic E-state index is 12.8. The second-order valence-electron chi connectivity index (χ2n) is 16.5. The van der Waals surface area contributed by atoms with Gasteiger partial charge in [0.1, 0.15) is 6.10 Å². The van der Waals surface area contributed by atoms with Gasteiger partial charge in [0.25, 0.3) is 0 Å². The second-order valence-corrected chi connectivity index (χ2v) is 16.5. The number of ether oxygens (including phenoxy) is 2. The van der Waals surface area contributed by atoms with Crippen molar-refractivity contribution in [2.45, 2.75) is 245 Å². The maximum Gasteiger partial charge on any atom is 0.306 e. The Balaban J connectivity index is 4.42. The number of esters is 2. The van der Waals surface area contributed by atoms with Crippen molar-refractivity contribution in [1.82, 2.24) is 15.5 Å². The van der Waals surface area contributed by atoms with E-state index in [2.05, 4.69) is 41.3 Å².